The van der Waals surface area contributed by atoms with Crippen LogP contribution in [0.5, 0.6) is 0 Å². The standard InChI is InChI=1S/C7H15NO5S2/c1-14(10,11)5-15(12,13)8-4-6-2-7(9)3-6/h6-9H,2-5H2,1H3. The Kier molecular flexibility index (Phi) is 3.75. The number of aliphatic hydroxyl groups excluding tert-OH is 1. The third kappa shape index (κ3) is 4.92. The molecule has 0 aliphatic heterocycles. The van der Waals surface area contributed by atoms with Gasteiger partial charge in [-0.3, -0.25) is 0 Å². The second-order valence-corrected chi connectivity index (χ2v) is 8.31. The molecular formula is C7H15NO5S2. The van der Waals surface area contributed by atoms with Gasteiger partial charge in [-0.25, -0.2) is 21.6 Å². The van der Waals surface area contributed by atoms with Crippen LogP contribution in [0.1, 0.15) is 12.8 Å². The highest BCUT2D eigenvalue weighted by atomic mass is 32.3. The van der Waals surface area contributed by atoms with Crippen molar-refractivity contribution < 1.29 is 21.9 Å². The summed E-state index contributed by atoms with van der Waals surface area (Å²) in [5.74, 6) is 0.120. The van der Waals surface area contributed by atoms with Crippen LogP contribution in [-0.2, 0) is 19.9 Å². The first-order valence-corrected chi connectivity index (χ1v) is 8.22. The summed E-state index contributed by atoms with van der Waals surface area (Å²) >= 11 is 0. The van der Waals surface area contributed by atoms with E-state index >= 15 is 0 Å². The molecule has 2 N–H and O–H groups in total. The number of rotatable bonds is 5. The molecule has 15 heavy (non-hydrogen) atoms. The predicted molar refractivity (Wildman–Crippen MR) is 55.4 cm³/mol. The van der Waals surface area contributed by atoms with E-state index in [1.54, 1.807) is 0 Å². The molecule has 0 aromatic carbocycles. The second-order valence-electron chi connectivity index (χ2n) is 4.00. The molecule has 0 heterocycles. The molecule has 1 rings (SSSR count). The first-order valence-electron chi connectivity index (χ1n) is 4.51. The Balaban J connectivity index is 2.37. The van der Waals surface area contributed by atoms with Gasteiger partial charge in [0.15, 0.2) is 14.9 Å². The topological polar surface area (TPSA) is 101 Å². The minimum Gasteiger partial charge on any atom is -0.393 e. The summed E-state index contributed by atoms with van der Waals surface area (Å²) in [4.78, 5) is 0. The van der Waals surface area contributed by atoms with Crippen LogP contribution >= 0.6 is 0 Å². The molecule has 1 aliphatic carbocycles. The fourth-order valence-electron chi connectivity index (χ4n) is 1.44. The fourth-order valence-corrected chi connectivity index (χ4v) is 4.51. The quantitative estimate of drug-likeness (QED) is 0.636. The van der Waals surface area contributed by atoms with E-state index in [4.69, 9.17) is 5.11 Å². The largest absolute Gasteiger partial charge is 0.393 e. The Labute approximate surface area is 89.7 Å². The number of sulfonamides is 1. The van der Waals surface area contributed by atoms with E-state index in [1.165, 1.54) is 0 Å². The molecule has 0 spiro atoms. The van der Waals surface area contributed by atoms with Gasteiger partial charge in [-0.1, -0.05) is 0 Å². The Hall–Kier alpha value is -0.180. The van der Waals surface area contributed by atoms with Crippen LogP contribution in [0.4, 0.5) is 0 Å². The van der Waals surface area contributed by atoms with Crippen molar-refractivity contribution in [3.63, 3.8) is 0 Å². The molecule has 0 aromatic rings. The first-order chi connectivity index (χ1) is 6.68. The summed E-state index contributed by atoms with van der Waals surface area (Å²) in [5, 5.41) is 8.08. The molecule has 0 atom stereocenters. The highest BCUT2D eigenvalue weighted by Gasteiger charge is 2.28. The highest BCUT2D eigenvalue weighted by Crippen LogP contribution is 2.26. The van der Waals surface area contributed by atoms with Crippen molar-refractivity contribution in [3.8, 4) is 0 Å². The van der Waals surface area contributed by atoms with Crippen molar-refractivity contribution in [1.82, 2.24) is 4.72 Å². The lowest BCUT2D eigenvalue weighted by Gasteiger charge is -2.31. The molecule has 0 unspecified atom stereocenters. The number of sulfone groups is 1. The van der Waals surface area contributed by atoms with Crippen LogP contribution in [0.3, 0.4) is 0 Å². The van der Waals surface area contributed by atoms with Crippen LogP contribution in [-0.4, -0.2) is 45.9 Å². The van der Waals surface area contributed by atoms with Crippen LogP contribution in [0.2, 0.25) is 0 Å². The molecule has 0 amide bonds. The average Bonchev–Trinajstić information content (AvgIpc) is 1.90. The van der Waals surface area contributed by atoms with Gasteiger partial charge in [-0.2, -0.15) is 0 Å². The smallest absolute Gasteiger partial charge is 0.226 e. The van der Waals surface area contributed by atoms with Crippen LogP contribution in [0.15, 0.2) is 0 Å². The minimum atomic E-state index is -3.75. The number of aliphatic hydroxyl groups is 1. The van der Waals surface area contributed by atoms with Crippen molar-refractivity contribution in [2.24, 2.45) is 5.92 Å². The molecule has 8 heteroatoms. The van der Waals surface area contributed by atoms with Crippen molar-refractivity contribution >= 4 is 19.9 Å². The molecule has 6 nitrogen and oxygen atoms in total. The van der Waals surface area contributed by atoms with Crippen molar-refractivity contribution in [2.45, 2.75) is 18.9 Å². The predicted octanol–water partition coefficient (Wildman–Crippen LogP) is -1.32. The summed E-state index contributed by atoms with van der Waals surface area (Å²) in [7, 11) is -7.28. The van der Waals surface area contributed by atoms with E-state index in [1.807, 2.05) is 0 Å². The molecule has 90 valence electrons. The summed E-state index contributed by atoms with van der Waals surface area (Å²) in [6, 6.07) is 0. The van der Waals surface area contributed by atoms with Crippen molar-refractivity contribution in [2.75, 3.05) is 17.9 Å². The SMILES string of the molecule is CS(=O)(=O)CS(=O)(=O)NCC1CC(O)C1. The molecule has 1 fully saturated rings. The summed E-state index contributed by atoms with van der Waals surface area (Å²) in [5.41, 5.74) is 0. The first kappa shape index (κ1) is 12.9. The van der Waals surface area contributed by atoms with E-state index in [2.05, 4.69) is 4.72 Å². The average molecular weight is 257 g/mol. The second kappa shape index (κ2) is 4.36. The number of nitrogens with one attached hydrogen (secondary N) is 1. The molecule has 0 saturated heterocycles. The summed E-state index contributed by atoms with van der Waals surface area (Å²) in [6.45, 7) is 0.203. The Morgan fingerprint density at radius 2 is 1.80 bits per heavy atom. The lowest BCUT2D eigenvalue weighted by Crippen LogP contribution is -2.40. The molecule has 1 aliphatic rings. The molecular weight excluding hydrogens is 242 g/mol. The third-order valence-corrected chi connectivity index (χ3v) is 5.73. The zero-order valence-electron chi connectivity index (χ0n) is 8.38. The summed E-state index contributed by atoms with van der Waals surface area (Å²) < 4.78 is 46.2. The lowest BCUT2D eigenvalue weighted by molar-refractivity contribution is 0.0453. The van der Waals surface area contributed by atoms with Crippen LogP contribution < -0.4 is 4.72 Å². The normalized spacial score (nSPS) is 27.3. The van der Waals surface area contributed by atoms with Crippen LogP contribution in [0.25, 0.3) is 0 Å². The Morgan fingerprint density at radius 1 is 1.27 bits per heavy atom. The van der Waals surface area contributed by atoms with E-state index in [0.29, 0.717) is 12.8 Å². The van der Waals surface area contributed by atoms with Crippen molar-refractivity contribution in [1.29, 1.82) is 0 Å². The van der Waals surface area contributed by atoms with Crippen LogP contribution in [0, 0.1) is 5.92 Å². The molecule has 0 aromatic heterocycles. The molecule has 0 bridgehead atoms. The zero-order valence-corrected chi connectivity index (χ0v) is 10.0. The van der Waals surface area contributed by atoms with E-state index < -0.39 is 24.9 Å². The minimum absolute atomic E-state index is 0.120. The molecule has 1 saturated carbocycles. The maximum Gasteiger partial charge on any atom is 0.226 e. The van der Waals surface area contributed by atoms with E-state index in [9.17, 15) is 16.8 Å². The monoisotopic (exact) mass is 257 g/mol. The maximum atomic E-state index is 11.2. The van der Waals surface area contributed by atoms with Gasteiger partial charge in [0.05, 0.1) is 6.10 Å². The van der Waals surface area contributed by atoms with Crippen molar-refractivity contribution in [3.05, 3.63) is 0 Å². The zero-order chi connectivity index (χ0) is 11.7. The van der Waals surface area contributed by atoms with Gasteiger partial charge in [-0.15, -0.1) is 0 Å². The Bertz CT molecular complexity index is 407. The van der Waals surface area contributed by atoms with Gasteiger partial charge in [-0.05, 0) is 18.8 Å². The van der Waals surface area contributed by atoms with Gasteiger partial charge in [0.25, 0.3) is 0 Å². The Morgan fingerprint density at radius 3 is 2.20 bits per heavy atom. The van der Waals surface area contributed by atoms with Gasteiger partial charge in [0.2, 0.25) is 10.0 Å². The fraction of sp³-hybridized carbons (Fsp3) is 1.00. The molecule has 0 radical (unpaired) electrons. The van der Waals surface area contributed by atoms with E-state index in [-0.39, 0.29) is 18.6 Å². The maximum absolute atomic E-state index is 11.2. The van der Waals surface area contributed by atoms with Gasteiger partial charge < -0.3 is 5.11 Å². The van der Waals surface area contributed by atoms with Gasteiger partial charge in [0.1, 0.15) is 0 Å². The lowest BCUT2D eigenvalue weighted by atomic mass is 9.83. The van der Waals surface area contributed by atoms with Gasteiger partial charge >= 0.3 is 0 Å². The summed E-state index contributed by atoms with van der Waals surface area (Å²) in [6.07, 6.45) is 1.68. The number of hydrogen-bond donors (Lipinski definition) is 2. The van der Waals surface area contributed by atoms with E-state index in [0.717, 1.165) is 6.26 Å². The third-order valence-electron chi connectivity index (χ3n) is 2.17. The van der Waals surface area contributed by atoms with Gasteiger partial charge in [0, 0.05) is 12.8 Å². The number of hydrogen-bond acceptors (Lipinski definition) is 5. The highest BCUT2D eigenvalue weighted by molar-refractivity contribution is 8.06.